The molecule has 0 radical (unpaired) electrons. The Morgan fingerprint density at radius 2 is 1.83 bits per heavy atom. The van der Waals surface area contributed by atoms with E-state index in [0.717, 1.165) is 0 Å². The number of carbonyl (C=O) groups excluding carboxylic acids is 5. The van der Waals surface area contributed by atoms with Gasteiger partial charge in [-0.3, -0.25) is 28.8 Å². The second-order valence-electron chi connectivity index (χ2n) is 8.62. The van der Waals surface area contributed by atoms with Crippen LogP contribution in [0.2, 0.25) is 0 Å². The first-order valence-corrected chi connectivity index (χ1v) is 14.1. The molecule has 1 fully saturated rings. The predicted molar refractivity (Wildman–Crippen MR) is 134 cm³/mol. The van der Waals surface area contributed by atoms with E-state index in [9.17, 15) is 28.8 Å². The molecule has 5 N–H and O–H groups in total. The molecule has 2 heterocycles. The number of hydrogen-bond donors (Lipinski definition) is 5. The molecule has 2 aliphatic rings. The molecule has 4 amide bonds. The molecule has 0 aromatic rings. The molecular weight excluding hydrogens is 512 g/mol. The maximum absolute atomic E-state index is 13.1. The maximum atomic E-state index is 13.1. The average Bonchev–Trinajstić information content (AvgIpc) is 2.80. The quantitative estimate of drug-likeness (QED) is 0.180. The number of amides is 4. The van der Waals surface area contributed by atoms with Crippen molar-refractivity contribution in [2.75, 3.05) is 18.1 Å². The molecule has 0 saturated carbocycles. The van der Waals surface area contributed by atoms with Gasteiger partial charge in [-0.05, 0) is 24.8 Å². The van der Waals surface area contributed by atoms with E-state index in [-0.39, 0.29) is 24.5 Å². The zero-order valence-corrected chi connectivity index (χ0v) is 21.7. The number of carbonyl (C=O) groups is 6. The Bertz CT molecular complexity index is 882. The topological polar surface area (TPSA) is 180 Å². The molecule has 0 aromatic heterocycles. The van der Waals surface area contributed by atoms with Crippen LogP contribution in [0.4, 0.5) is 0 Å². The summed E-state index contributed by atoms with van der Waals surface area (Å²) in [5, 5.41) is 19.3. The minimum Gasteiger partial charge on any atom is -0.481 e. The molecular formula is C22H32N4O8S2. The standard InChI is InChI=1S/C22H32N4O8S2/c1-12(2)19-22(33)23-10-18(30)34-13-5-3-4-8-35-36-11-15(21(32)26-19)25-20(31)14(6-7-17(28)29)24-16(27)9-13/h3,5,12-15,19H,4,6-11H2,1-2H3,(H,23,33)(H,24,27)(H,25,31)(H,26,32)(H,28,29)/b5-3+/t13-,14-,15-,19-/m1/s1. The van der Waals surface area contributed by atoms with Gasteiger partial charge in [0, 0.05) is 17.9 Å². The third-order valence-electron chi connectivity index (χ3n) is 5.29. The van der Waals surface area contributed by atoms with E-state index in [0.29, 0.717) is 12.2 Å². The third kappa shape index (κ3) is 10.1. The molecule has 0 spiro atoms. The summed E-state index contributed by atoms with van der Waals surface area (Å²) in [7, 11) is 2.82. The fourth-order valence-electron chi connectivity index (χ4n) is 3.38. The Morgan fingerprint density at radius 3 is 2.53 bits per heavy atom. The summed E-state index contributed by atoms with van der Waals surface area (Å²) in [6.45, 7) is 2.98. The summed E-state index contributed by atoms with van der Waals surface area (Å²) in [6, 6.07) is -3.27. The largest absolute Gasteiger partial charge is 0.481 e. The van der Waals surface area contributed by atoms with Crippen molar-refractivity contribution in [1.82, 2.24) is 21.3 Å². The van der Waals surface area contributed by atoms with Crippen molar-refractivity contribution >= 4 is 57.2 Å². The lowest BCUT2D eigenvalue weighted by Gasteiger charge is -2.27. The molecule has 12 nitrogen and oxygen atoms in total. The van der Waals surface area contributed by atoms with Gasteiger partial charge in [-0.25, -0.2) is 0 Å². The Kier molecular flexibility index (Phi) is 12.1. The van der Waals surface area contributed by atoms with E-state index in [2.05, 4.69) is 21.3 Å². The highest BCUT2D eigenvalue weighted by molar-refractivity contribution is 8.76. The lowest BCUT2D eigenvalue weighted by molar-refractivity contribution is -0.149. The first-order chi connectivity index (χ1) is 17.1. The molecule has 2 rings (SSSR count). The highest BCUT2D eigenvalue weighted by Gasteiger charge is 2.32. The predicted octanol–water partition coefficient (Wildman–Crippen LogP) is -0.265. The van der Waals surface area contributed by atoms with Gasteiger partial charge >= 0.3 is 11.9 Å². The summed E-state index contributed by atoms with van der Waals surface area (Å²) in [5.74, 6) is -4.02. The molecule has 0 aromatic carbocycles. The van der Waals surface area contributed by atoms with Crippen LogP contribution < -0.4 is 21.3 Å². The van der Waals surface area contributed by atoms with Crippen LogP contribution >= 0.6 is 21.6 Å². The van der Waals surface area contributed by atoms with Crippen LogP contribution in [-0.2, 0) is 33.5 Å². The van der Waals surface area contributed by atoms with Gasteiger partial charge in [0.25, 0.3) is 0 Å². The Hall–Kier alpha value is -2.74. The summed E-state index contributed by atoms with van der Waals surface area (Å²) in [5.41, 5.74) is 0. The molecule has 14 heteroatoms. The SMILES string of the molecule is CC(C)[C@H]1NC(=O)[C@H]2CSSCC/C=C/[C@H](CC(=O)N[C@H](CCC(=O)O)C(=O)N2)OC(=O)CNC1=O. The van der Waals surface area contributed by atoms with Gasteiger partial charge in [-0.2, -0.15) is 0 Å². The summed E-state index contributed by atoms with van der Waals surface area (Å²) in [6.07, 6.45) is 2.06. The minimum absolute atomic E-state index is 0.169. The van der Waals surface area contributed by atoms with Gasteiger partial charge in [0.05, 0.1) is 6.42 Å². The first kappa shape index (κ1) is 29.5. The first-order valence-electron chi connectivity index (χ1n) is 11.6. The molecule has 1 saturated heterocycles. The molecule has 2 bridgehead atoms. The zero-order chi connectivity index (χ0) is 26.7. The van der Waals surface area contributed by atoms with E-state index >= 15 is 0 Å². The van der Waals surface area contributed by atoms with E-state index < -0.39 is 72.8 Å². The molecule has 200 valence electrons. The monoisotopic (exact) mass is 544 g/mol. The number of allylic oxidation sites excluding steroid dienone is 1. The number of rotatable bonds is 4. The Morgan fingerprint density at radius 1 is 1.08 bits per heavy atom. The van der Waals surface area contributed by atoms with Crippen molar-refractivity contribution in [2.24, 2.45) is 5.92 Å². The van der Waals surface area contributed by atoms with Crippen LogP contribution in [-0.4, -0.2) is 83.0 Å². The number of ether oxygens (including phenoxy) is 1. The number of nitrogens with one attached hydrogen (secondary N) is 4. The second-order valence-corrected chi connectivity index (χ2v) is 11.2. The van der Waals surface area contributed by atoms with Gasteiger partial charge in [-0.15, -0.1) is 0 Å². The Labute approximate surface area is 216 Å². The van der Waals surface area contributed by atoms with Crippen LogP contribution in [0.25, 0.3) is 0 Å². The molecule has 0 unspecified atom stereocenters. The number of carboxylic acids is 1. The van der Waals surface area contributed by atoms with Crippen molar-refractivity contribution in [3.63, 3.8) is 0 Å². The van der Waals surface area contributed by atoms with Crippen molar-refractivity contribution in [1.29, 1.82) is 0 Å². The lowest BCUT2D eigenvalue weighted by Crippen LogP contribution is -2.59. The smallest absolute Gasteiger partial charge is 0.326 e. The molecule has 36 heavy (non-hydrogen) atoms. The minimum atomic E-state index is -1.23. The number of carboxylic acid groups (broad SMARTS) is 1. The summed E-state index contributed by atoms with van der Waals surface area (Å²) >= 11 is 0. The van der Waals surface area contributed by atoms with Crippen molar-refractivity contribution < 1.29 is 38.6 Å². The van der Waals surface area contributed by atoms with Crippen LogP contribution in [0.3, 0.4) is 0 Å². The van der Waals surface area contributed by atoms with Crippen LogP contribution in [0.5, 0.6) is 0 Å². The molecule has 4 atom stereocenters. The normalized spacial score (nSPS) is 28.1. The van der Waals surface area contributed by atoms with Gasteiger partial charge in [-0.1, -0.05) is 41.5 Å². The fraction of sp³-hybridized carbons (Fsp3) is 0.636. The highest BCUT2D eigenvalue weighted by Crippen LogP contribution is 2.23. The zero-order valence-electron chi connectivity index (χ0n) is 20.1. The summed E-state index contributed by atoms with van der Waals surface area (Å²) in [4.78, 5) is 75.1. The molecule has 2 aliphatic heterocycles. The lowest BCUT2D eigenvalue weighted by atomic mass is 10.0. The average molecular weight is 545 g/mol. The van der Waals surface area contributed by atoms with Crippen molar-refractivity contribution in [3.8, 4) is 0 Å². The second kappa shape index (κ2) is 14.7. The van der Waals surface area contributed by atoms with Gasteiger partial charge in [0.1, 0.15) is 30.8 Å². The summed E-state index contributed by atoms with van der Waals surface area (Å²) < 4.78 is 5.37. The Balaban J connectivity index is 2.45. The van der Waals surface area contributed by atoms with E-state index in [1.807, 2.05) is 0 Å². The maximum Gasteiger partial charge on any atom is 0.326 e. The van der Waals surface area contributed by atoms with Gasteiger partial charge in [0.15, 0.2) is 0 Å². The van der Waals surface area contributed by atoms with Crippen molar-refractivity contribution in [2.45, 2.75) is 63.8 Å². The van der Waals surface area contributed by atoms with E-state index in [1.54, 1.807) is 26.0 Å². The number of hydrogen-bond acceptors (Lipinski definition) is 9. The number of aliphatic carboxylic acids is 1. The fourth-order valence-corrected chi connectivity index (χ4v) is 5.54. The van der Waals surface area contributed by atoms with Gasteiger partial charge < -0.3 is 31.1 Å². The highest BCUT2D eigenvalue weighted by atomic mass is 33.1. The number of esters is 1. The molecule has 0 aliphatic carbocycles. The van der Waals surface area contributed by atoms with Crippen LogP contribution in [0.1, 0.15) is 39.5 Å². The van der Waals surface area contributed by atoms with Crippen LogP contribution in [0.15, 0.2) is 12.2 Å². The van der Waals surface area contributed by atoms with E-state index in [1.165, 1.54) is 21.6 Å². The van der Waals surface area contributed by atoms with Gasteiger partial charge in [0.2, 0.25) is 23.6 Å². The van der Waals surface area contributed by atoms with Crippen LogP contribution in [0, 0.1) is 5.92 Å². The third-order valence-corrected chi connectivity index (χ3v) is 7.74. The van der Waals surface area contributed by atoms with Crippen molar-refractivity contribution in [3.05, 3.63) is 12.2 Å². The van der Waals surface area contributed by atoms with E-state index in [4.69, 9.17) is 9.84 Å². The number of fused-ring (bicyclic) bond motifs is 7.